The van der Waals surface area contributed by atoms with Gasteiger partial charge in [0.1, 0.15) is 5.69 Å². The maximum Gasteiger partial charge on any atom is 0.270 e. The van der Waals surface area contributed by atoms with Crippen LogP contribution in [-0.2, 0) is 7.05 Å². The summed E-state index contributed by atoms with van der Waals surface area (Å²) in [5, 5.41) is 11.7. The first-order chi connectivity index (χ1) is 10.5. The second-order valence-corrected chi connectivity index (χ2v) is 4.97. The van der Waals surface area contributed by atoms with E-state index in [1.807, 2.05) is 30.3 Å². The summed E-state index contributed by atoms with van der Waals surface area (Å²) in [6.45, 7) is 0. The van der Waals surface area contributed by atoms with Gasteiger partial charge < -0.3 is 10.3 Å². The molecule has 6 heteroatoms. The highest BCUT2D eigenvalue weighted by Crippen LogP contribution is 2.36. The number of hydrogen-bond donors (Lipinski definition) is 1. The molecule has 0 spiro atoms. The van der Waals surface area contributed by atoms with Crippen molar-refractivity contribution in [1.29, 1.82) is 0 Å². The minimum atomic E-state index is -0.569. The molecule has 1 aromatic heterocycles. The van der Waals surface area contributed by atoms with Gasteiger partial charge in [0, 0.05) is 35.6 Å². The summed E-state index contributed by atoms with van der Waals surface area (Å²) < 4.78 is 1.67. The standard InChI is InChI=1S/C16H13N3O3/c1-18-13-8-7-11(19(21)22)9-12(13)14(15(18)16(17)20)10-5-3-2-4-6-10/h2-9H,1H3,(H2,17,20). The van der Waals surface area contributed by atoms with Crippen molar-refractivity contribution in [1.82, 2.24) is 4.57 Å². The summed E-state index contributed by atoms with van der Waals surface area (Å²) in [7, 11) is 1.72. The van der Waals surface area contributed by atoms with Crippen LogP contribution in [0.25, 0.3) is 22.0 Å². The fraction of sp³-hybridized carbons (Fsp3) is 0.0625. The molecule has 0 aliphatic heterocycles. The molecule has 0 aliphatic carbocycles. The molecule has 6 nitrogen and oxygen atoms in total. The zero-order valence-corrected chi connectivity index (χ0v) is 11.8. The second kappa shape index (κ2) is 5.00. The van der Waals surface area contributed by atoms with E-state index in [-0.39, 0.29) is 5.69 Å². The Balaban J connectivity index is 2.45. The predicted molar refractivity (Wildman–Crippen MR) is 83.5 cm³/mol. The molecule has 0 saturated carbocycles. The summed E-state index contributed by atoms with van der Waals surface area (Å²) >= 11 is 0. The highest BCUT2D eigenvalue weighted by molar-refractivity contribution is 6.10. The Kier molecular flexibility index (Phi) is 3.14. The molecule has 0 fully saturated rings. The Morgan fingerprint density at radius 3 is 2.45 bits per heavy atom. The average molecular weight is 295 g/mol. The zero-order valence-electron chi connectivity index (χ0n) is 11.8. The van der Waals surface area contributed by atoms with E-state index in [4.69, 9.17) is 5.73 Å². The average Bonchev–Trinajstić information content (AvgIpc) is 2.80. The van der Waals surface area contributed by atoms with Crippen LogP contribution in [0.2, 0.25) is 0 Å². The second-order valence-electron chi connectivity index (χ2n) is 4.97. The number of nitro groups is 1. The van der Waals surface area contributed by atoms with Gasteiger partial charge in [0.25, 0.3) is 11.6 Å². The van der Waals surface area contributed by atoms with Crippen LogP contribution >= 0.6 is 0 Å². The Labute approximate surface area is 125 Å². The van der Waals surface area contributed by atoms with Crippen molar-refractivity contribution < 1.29 is 9.72 Å². The van der Waals surface area contributed by atoms with Gasteiger partial charge in [0.2, 0.25) is 0 Å². The Hall–Kier alpha value is -3.15. The quantitative estimate of drug-likeness (QED) is 0.595. The molecule has 0 bridgehead atoms. The first kappa shape index (κ1) is 13.8. The summed E-state index contributed by atoms with van der Waals surface area (Å²) in [4.78, 5) is 22.4. The van der Waals surface area contributed by atoms with E-state index >= 15 is 0 Å². The normalized spacial score (nSPS) is 10.8. The number of fused-ring (bicyclic) bond motifs is 1. The Bertz CT molecular complexity index is 898. The number of benzene rings is 2. The van der Waals surface area contributed by atoms with Crippen LogP contribution in [0.1, 0.15) is 10.5 Å². The maximum atomic E-state index is 11.9. The summed E-state index contributed by atoms with van der Waals surface area (Å²) in [5.74, 6) is -0.569. The number of nitro benzene ring substituents is 1. The number of aromatic nitrogens is 1. The smallest absolute Gasteiger partial charge is 0.270 e. The van der Waals surface area contributed by atoms with Gasteiger partial charge in [-0.3, -0.25) is 14.9 Å². The van der Waals surface area contributed by atoms with Crippen LogP contribution < -0.4 is 5.73 Å². The topological polar surface area (TPSA) is 91.2 Å². The lowest BCUT2D eigenvalue weighted by Gasteiger charge is -2.04. The molecular weight excluding hydrogens is 282 g/mol. The lowest BCUT2D eigenvalue weighted by molar-refractivity contribution is -0.384. The molecule has 0 atom stereocenters. The van der Waals surface area contributed by atoms with Crippen LogP contribution in [-0.4, -0.2) is 15.4 Å². The molecule has 1 amide bonds. The zero-order chi connectivity index (χ0) is 15.9. The number of amides is 1. The van der Waals surface area contributed by atoms with Crippen molar-refractivity contribution in [3.63, 3.8) is 0 Å². The highest BCUT2D eigenvalue weighted by atomic mass is 16.6. The molecule has 110 valence electrons. The van der Waals surface area contributed by atoms with Crippen molar-refractivity contribution in [2.45, 2.75) is 0 Å². The summed E-state index contributed by atoms with van der Waals surface area (Å²) in [6.07, 6.45) is 0. The van der Waals surface area contributed by atoms with Crippen molar-refractivity contribution in [3.8, 4) is 11.1 Å². The molecule has 2 N–H and O–H groups in total. The van der Waals surface area contributed by atoms with Gasteiger partial charge in [-0.05, 0) is 11.6 Å². The molecule has 0 unspecified atom stereocenters. The van der Waals surface area contributed by atoms with Crippen molar-refractivity contribution in [3.05, 3.63) is 64.3 Å². The van der Waals surface area contributed by atoms with Gasteiger partial charge in [0.15, 0.2) is 0 Å². The number of non-ortho nitro benzene ring substituents is 1. The van der Waals surface area contributed by atoms with Gasteiger partial charge in [-0.2, -0.15) is 0 Å². The van der Waals surface area contributed by atoms with E-state index < -0.39 is 10.8 Å². The number of carbonyl (C=O) groups is 1. The molecule has 3 aromatic rings. The van der Waals surface area contributed by atoms with Crippen LogP contribution in [0.4, 0.5) is 5.69 Å². The maximum absolute atomic E-state index is 11.9. The first-order valence-electron chi connectivity index (χ1n) is 6.62. The number of nitrogens with zero attached hydrogens (tertiary/aromatic N) is 2. The number of carbonyl (C=O) groups excluding carboxylic acids is 1. The van der Waals surface area contributed by atoms with Crippen molar-refractivity contribution in [2.75, 3.05) is 0 Å². The number of aryl methyl sites for hydroxylation is 1. The molecular formula is C16H13N3O3. The summed E-state index contributed by atoms with van der Waals surface area (Å²) in [6, 6.07) is 13.8. The monoisotopic (exact) mass is 295 g/mol. The number of nitrogens with two attached hydrogens (primary N) is 1. The Morgan fingerprint density at radius 2 is 1.86 bits per heavy atom. The van der Waals surface area contributed by atoms with E-state index in [0.29, 0.717) is 16.6 Å². The molecule has 0 radical (unpaired) electrons. The largest absolute Gasteiger partial charge is 0.364 e. The van der Waals surface area contributed by atoms with E-state index in [2.05, 4.69) is 0 Å². The molecule has 22 heavy (non-hydrogen) atoms. The van der Waals surface area contributed by atoms with Crippen LogP contribution in [0.15, 0.2) is 48.5 Å². The molecule has 1 heterocycles. The van der Waals surface area contributed by atoms with E-state index in [0.717, 1.165) is 11.1 Å². The molecule has 0 saturated heterocycles. The first-order valence-corrected chi connectivity index (χ1v) is 6.62. The lowest BCUT2D eigenvalue weighted by Crippen LogP contribution is -2.16. The van der Waals surface area contributed by atoms with Crippen molar-refractivity contribution in [2.24, 2.45) is 12.8 Å². The highest BCUT2D eigenvalue weighted by Gasteiger charge is 2.22. The molecule has 0 aliphatic rings. The predicted octanol–water partition coefficient (Wildman–Crippen LogP) is 2.85. The number of primary amides is 1. The van der Waals surface area contributed by atoms with Gasteiger partial charge in [-0.1, -0.05) is 30.3 Å². The summed E-state index contributed by atoms with van der Waals surface area (Å²) in [5.41, 5.74) is 7.97. The molecule has 2 aromatic carbocycles. The number of hydrogen-bond acceptors (Lipinski definition) is 3. The fourth-order valence-corrected chi connectivity index (χ4v) is 2.73. The fourth-order valence-electron chi connectivity index (χ4n) is 2.73. The van der Waals surface area contributed by atoms with Crippen molar-refractivity contribution >= 4 is 22.5 Å². The minimum Gasteiger partial charge on any atom is -0.364 e. The van der Waals surface area contributed by atoms with Gasteiger partial charge in [-0.15, -0.1) is 0 Å². The third kappa shape index (κ3) is 2.01. The van der Waals surface area contributed by atoms with Crippen LogP contribution in [0.5, 0.6) is 0 Å². The minimum absolute atomic E-state index is 0.0219. The molecule has 3 rings (SSSR count). The van der Waals surface area contributed by atoms with E-state index in [9.17, 15) is 14.9 Å². The van der Waals surface area contributed by atoms with Gasteiger partial charge in [0.05, 0.1) is 4.92 Å². The van der Waals surface area contributed by atoms with Gasteiger partial charge >= 0.3 is 0 Å². The third-order valence-corrected chi connectivity index (χ3v) is 3.69. The lowest BCUT2D eigenvalue weighted by atomic mass is 10.0. The number of rotatable bonds is 3. The SMILES string of the molecule is Cn1c(C(N)=O)c(-c2ccccc2)c2cc([N+](=O)[O-])ccc21. The van der Waals surface area contributed by atoms with Gasteiger partial charge in [-0.25, -0.2) is 0 Å². The van der Waals surface area contributed by atoms with E-state index in [1.54, 1.807) is 17.7 Å². The van der Waals surface area contributed by atoms with Crippen LogP contribution in [0.3, 0.4) is 0 Å². The third-order valence-electron chi connectivity index (χ3n) is 3.69. The van der Waals surface area contributed by atoms with Crippen LogP contribution in [0, 0.1) is 10.1 Å². The Morgan fingerprint density at radius 1 is 1.18 bits per heavy atom. The van der Waals surface area contributed by atoms with E-state index in [1.165, 1.54) is 12.1 Å².